The lowest BCUT2D eigenvalue weighted by Gasteiger charge is -2.08. The van der Waals surface area contributed by atoms with E-state index >= 15 is 0 Å². The molecule has 0 spiro atoms. The van der Waals surface area contributed by atoms with Gasteiger partial charge in [0.15, 0.2) is 0 Å². The number of ether oxygens (including phenoxy) is 1. The van der Waals surface area contributed by atoms with Crippen molar-refractivity contribution < 1.29 is 4.74 Å². The van der Waals surface area contributed by atoms with E-state index < -0.39 is 0 Å². The number of nitrogens with one attached hydrogen (secondary N) is 1. The molecule has 0 saturated heterocycles. The van der Waals surface area contributed by atoms with Crippen LogP contribution in [0.25, 0.3) is 0 Å². The van der Waals surface area contributed by atoms with E-state index in [1.54, 1.807) is 0 Å². The first kappa shape index (κ1) is 13.1. The van der Waals surface area contributed by atoms with Crippen molar-refractivity contribution in [2.24, 2.45) is 0 Å². The largest absolute Gasteiger partial charge is 0.381 e. The van der Waals surface area contributed by atoms with E-state index in [9.17, 15) is 0 Å². The molecule has 1 aromatic rings. The quantitative estimate of drug-likeness (QED) is 0.683. The number of pyridine rings is 1. The van der Waals surface area contributed by atoms with Crippen LogP contribution in [0.5, 0.6) is 0 Å². The molecule has 0 unspecified atom stereocenters. The van der Waals surface area contributed by atoms with Crippen LogP contribution in [0, 0.1) is 0 Å². The van der Waals surface area contributed by atoms with Crippen molar-refractivity contribution in [3.05, 3.63) is 30.1 Å². The van der Waals surface area contributed by atoms with Crippen molar-refractivity contribution in [3.63, 3.8) is 0 Å². The predicted molar refractivity (Wildman–Crippen MR) is 66.5 cm³/mol. The topological polar surface area (TPSA) is 34.1 Å². The zero-order chi connectivity index (χ0) is 11.6. The van der Waals surface area contributed by atoms with Gasteiger partial charge in [0.25, 0.3) is 0 Å². The number of aromatic nitrogens is 1. The molecule has 0 aromatic carbocycles. The molecule has 1 rings (SSSR count). The van der Waals surface area contributed by atoms with Gasteiger partial charge in [0.2, 0.25) is 0 Å². The van der Waals surface area contributed by atoms with E-state index in [1.165, 1.54) is 0 Å². The SMILES string of the molecule is CC(C)NCCCOCCc1ccccn1. The highest BCUT2D eigenvalue weighted by Gasteiger charge is 1.94. The van der Waals surface area contributed by atoms with Gasteiger partial charge < -0.3 is 10.1 Å². The van der Waals surface area contributed by atoms with Gasteiger partial charge >= 0.3 is 0 Å². The molecule has 0 amide bonds. The second kappa shape index (κ2) is 8.25. The molecule has 0 aliphatic heterocycles. The third-order valence-corrected chi connectivity index (χ3v) is 2.25. The molecule has 0 aliphatic carbocycles. The van der Waals surface area contributed by atoms with E-state index in [-0.39, 0.29) is 0 Å². The van der Waals surface area contributed by atoms with E-state index in [0.717, 1.165) is 38.3 Å². The minimum Gasteiger partial charge on any atom is -0.381 e. The van der Waals surface area contributed by atoms with Gasteiger partial charge in [0.05, 0.1) is 6.61 Å². The van der Waals surface area contributed by atoms with Crippen molar-refractivity contribution in [3.8, 4) is 0 Å². The van der Waals surface area contributed by atoms with Crippen LogP contribution < -0.4 is 5.32 Å². The standard InChI is InChI=1S/C13H22N2O/c1-12(2)14-9-5-10-16-11-7-13-6-3-4-8-15-13/h3-4,6,8,12,14H,5,7,9-11H2,1-2H3. The summed E-state index contributed by atoms with van der Waals surface area (Å²) in [6.45, 7) is 6.93. The van der Waals surface area contributed by atoms with Crippen molar-refractivity contribution in [2.75, 3.05) is 19.8 Å². The van der Waals surface area contributed by atoms with Crippen molar-refractivity contribution in [1.29, 1.82) is 0 Å². The Morgan fingerprint density at radius 3 is 2.88 bits per heavy atom. The first-order chi connectivity index (χ1) is 7.79. The van der Waals surface area contributed by atoms with Crippen molar-refractivity contribution in [1.82, 2.24) is 10.3 Å². The highest BCUT2D eigenvalue weighted by molar-refractivity contribution is 5.03. The Balaban J connectivity index is 1.93. The van der Waals surface area contributed by atoms with Crippen LogP contribution in [0.15, 0.2) is 24.4 Å². The Hall–Kier alpha value is -0.930. The fraction of sp³-hybridized carbons (Fsp3) is 0.615. The van der Waals surface area contributed by atoms with Gasteiger partial charge in [-0.05, 0) is 25.1 Å². The summed E-state index contributed by atoms with van der Waals surface area (Å²) in [4.78, 5) is 4.24. The molecule has 0 aliphatic rings. The molecular formula is C13H22N2O. The van der Waals surface area contributed by atoms with Crippen LogP contribution in [-0.4, -0.2) is 30.8 Å². The summed E-state index contributed by atoms with van der Waals surface area (Å²) in [6, 6.07) is 6.54. The van der Waals surface area contributed by atoms with Crippen molar-refractivity contribution in [2.45, 2.75) is 32.7 Å². The zero-order valence-corrected chi connectivity index (χ0v) is 10.3. The third-order valence-electron chi connectivity index (χ3n) is 2.25. The van der Waals surface area contributed by atoms with Crippen LogP contribution in [0.2, 0.25) is 0 Å². The molecule has 16 heavy (non-hydrogen) atoms. The minimum atomic E-state index is 0.563. The summed E-state index contributed by atoms with van der Waals surface area (Å²) in [5.41, 5.74) is 1.10. The van der Waals surface area contributed by atoms with Crippen molar-refractivity contribution >= 4 is 0 Å². The zero-order valence-electron chi connectivity index (χ0n) is 10.3. The minimum absolute atomic E-state index is 0.563. The normalized spacial score (nSPS) is 10.9. The maximum absolute atomic E-state index is 5.54. The summed E-state index contributed by atoms with van der Waals surface area (Å²) in [5, 5.41) is 3.36. The van der Waals surface area contributed by atoms with E-state index in [2.05, 4.69) is 24.1 Å². The maximum atomic E-state index is 5.54. The van der Waals surface area contributed by atoms with E-state index in [1.807, 2.05) is 24.4 Å². The number of hydrogen-bond acceptors (Lipinski definition) is 3. The number of hydrogen-bond donors (Lipinski definition) is 1. The van der Waals surface area contributed by atoms with Crippen LogP contribution in [-0.2, 0) is 11.2 Å². The molecular weight excluding hydrogens is 200 g/mol. The average Bonchev–Trinajstić information content (AvgIpc) is 2.29. The van der Waals surface area contributed by atoms with Gasteiger partial charge in [-0.3, -0.25) is 4.98 Å². The summed E-state index contributed by atoms with van der Waals surface area (Å²) in [6.07, 6.45) is 3.79. The average molecular weight is 222 g/mol. The Kier molecular flexibility index (Phi) is 6.77. The molecule has 3 nitrogen and oxygen atoms in total. The lowest BCUT2D eigenvalue weighted by atomic mass is 10.3. The summed E-state index contributed by atoms with van der Waals surface area (Å²) in [5.74, 6) is 0. The monoisotopic (exact) mass is 222 g/mol. The molecule has 0 fully saturated rings. The van der Waals surface area contributed by atoms with Crippen LogP contribution in [0.4, 0.5) is 0 Å². The number of rotatable bonds is 8. The molecule has 90 valence electrons. The molecule has 0 saturated carbocycles. The second-order valence-electron chi connectivity index (χ2n) is 4.15. The molecule has 1 N–H and O–H groups in total. The molecule has 3 heteroatoms. The molecule has 0 bridgehead atoms. The smallest absolute Gasteiger partial charge is 0.0521 e. The molecule has 1 aromatic heterocycles. The second-order valence-corrected chi connectivity index (χ2v) is 4.15. The number of nitrogens with zero attached hydrogens (tertiary/aromatic N) is 1. The summed E-state index contributed by atoms with van der Waals surface area (Å²) in [7, 11) is 0. The Morgan fingerprint density at radius 2 is 2.19 bits per heavy atom. The third kappa shape index (κ3) is 6.53. The van der Waals surface area contributed by atoms with Gasteiger partial charge in [0.1, 0.15) is 0 Å². The Labute approximate surface area is 98.2 Å². The molecule has 1 heterocycles. The fourth-order valence-electron chi connectivity index (χ4n) is 1.39. The summed E-state index contributed by atoms with van der Waals surface area (Å²) >= 11 is 0. The van der Waals surface area contributed by atoms with Gasteiger partial charge in [-0.1, -0.05) is 19.9 Å². The molecule has 0 radical (unpaired) electrons. The van der Waals surface area contributed by atoms with Crippen LogP contribution >= 0.6 is 0 Å². The lowest BCUT2D eigenvalue weighted by molar-refractivity contribution is 0.133. The van der Waals surface area contributed by atoms with Crippen LogP contribution in [0.1, 0.15) is 26.0 Å². The first-order valence-corrected chi connectivity index (χ1v) is 6.00. The Morgan fingerprint density at radius 1 is 1.31 bits per heavy atom. The van der Waals surface area contributed by atoms with Gasteiger partial charge in [-0.15, -0.1) is 0 Å². The van der Waals surface area contributed by atoms with E-state index in [4.69, 9.17) is 4.74 Å². The van der Waals surface area contributed by atoms with Gasteiger partial charge in [-0.25, -0.2) is 0 Å². The van der Waals surface area contributed by atoms with Crippen LogP contribution in [0.3, 0.4) is 0 Å². The van der Waals surface area contributed by atoms with Gasteiger partial charge in [0, 0.05) is 31.0 Å². The first-order valence-electron chi connectivity index (χ1n) is 6.00. The lowest BCUT2D eigenvalue weighted by Crippen LogP contribution is -2.24. The maximum Gasteiger partial charge on any atom is 0.0521 e. The van der Waals surface area contributed by atoms with Gasteiger partial charge in [-0.2, -0.15) is 0 Å². The van der Waals surface area contributed by atoms with E-state index in [0.29, 0.717) is 6.04 Å². The predicted octanol–water partition coefficient (Wildman–Crippen LogP) is 2.03. The summed E-state index contributed by atoms with van der Waals surface area (Å²) < 4.78 is 5.54. The fourth-order valence-corrected chi connectivity index (χ4v) is 1.39. The highest BCUT2D eigenvalue weighted by Crippen LogP contribution is 1.95. The molecule has 0 atom stereocenters. The highest BCUT2D eigenvalue weighted by atomic mass is 16.5. The Bertz CT molecular complexity index is 262.